The number of benzene rings is 1. The standard InChI is InChI=1S/C13H15N3O2/c1-3-10-11(13(17)18-2)15-16(12(10)14)9-7-5-4-6-8-9/h4-8H,3,14H2,1-2H3. The van der Waals surface area contributed by atoms with E-state index in [9.17, 15) is 4.79 Å². The lowest BCUT2D eigenvalue weighted by Gasteiger charge is -2.03. The van der Waals surface area contributed by atoms with E-state index >= 15 is 0 Å². The Morgan fingerprint density at radius 3 is 2.61 bits per heavy atom. The van der Waals surface area contributed by atoms with Gasteiger partial charge in [0.2, 0.25) is 0 Å². The summed E-state index contributed by atoms with van der Waals surface area (Å²) in [5.41, 5.74) is 7.84. The molecule has 18 heavy (non-hydrogen) atoms. The van der Waals surface area contributed by atoms with Gasteiger partial charge in [0.15, 0.2) is 5.69 Å². The molecule has 0 amide bonds. The monoisotopic (exact) mass is 245 g/mol. The Bertz CT molecular complexity index is 561. The molecule has 2 aromatic rings. The largest absolute Gasteiger partial charge is 0.464 e. The Morgan fingerprint density at radius 2 is 2.06 bits per heavy atom. The topological polar surface area (TPSA) is 70.1 Å². The van der Waals surface area contributed by atoms with Crippen LogP contribution >= 0.6 is 0 Å². The lowest BCUT2D eigenvalue weighted by molar-refractivity contribution is 0.0592. The molecule has 0 saturated carbocycles. The number of aromatic nitrogens is 2. The number of anilines is 1. The number of nitrogen functional groups attached to an aromatic ring is 1. The van der Waals surface area contributed by atoms with Crippen LogP contribution in [0.15, 0.2) is 30.3 Å². The van der Waals surface area contributed by atoms with E-state index in [1.54, 1.807) is 4.68 Å². The fraction of sp³-hybridized carbons (Fsp3) is 0.231. The highest BCUT2D eigenvalue weighted by Gasteiger charge is 2.21. The van der Waals surface area contributed by atoms with Crippen LogP contribution in [-0.4, -0.2) is 22.9 Å². The second-order valence-electron chi connectivity index (χ2n) is 3.80. The van der Waals surface area contributed by atoms with E-state index in [0.29, 0.717) is 17.8 Å². The number of nitrogens with zero attached hydrogens (tertiary/aromatic N) is 2. The first-order chi connectivity index (χ1) is 8.69. The molecule has 5 heteroatoms. The van der Waals surface area contributed by atoms with E-state index in [4.69, 9.17) is 10.5 Å². The minimum Gasteiger partial charge on any atom is -0.464 e. The van der Waals surface area contributed by atoms with E-state index in [2.05, 4.69) is 5.10 Å². The molecule has 94 valence electrons. The number of carbonyl (C=O) groups excluding carboxylic acids is 1. The van der Waals surface area contributed by atoms with Gasteiger partial charge >= 0.3 is 5.97 Å². The Labute approximate surface area is 105 Å². The summed E-state index contributed by atoms with van der Waals surface area (Å²) < 4.78 is 6.27. The zero-order valence-corrected chi connectivity index (χ0v) is 10.4. The Balaban J connectivity index is 2.57. The lowest BCUT2D eigenvalue weighted by Crippen LogP contribution is -2.05. The predicted molar refractivity (Wildman–Crippen MR) is 68.7 cm³/mol. The highest BCUT2D eigenvalue weighted by atomic mass is 16.5. The Morgan fingerprint density at radius 1 is 1.39 bits per heavy atom. The maximum absolute atomic E-state index is 11.6. The molecule has 5 nitrogen and oxygen atoms in total. The van der Waals surface area contributed by atoms with Gasteiger partial charge in [-0.3, -0.25) is 0 Å². The summed E-state index contributed by atoms with van der Waals surface area (Å²) in [5, 5.41) is 4.24. The van der Waals surface area contributed by atoms with Crippen molar-refractivity contribution in [1.29, 1.82) is 0 Å². The van der Waals surface area contributed by atoms with Crippen LogP contribution in [-0.2, 0) is 11.2 Å². The number of rotatable bonds is 3. The number of carbonyl (C=O) groups is 1. The highest BCUT2D eigenvalue weighted by Crippen LogP contribution is 2.22. The first-order valence-electron chi connectivity index (χ1n) is 5.70. The van der Waals surface area contributed by atoms with Gasteiger partial charge in [-0.25, -0.2) is 9.48 Å². The first kappa shape index (κ1) is 12.2. The highest BCUT2D eigenvalue weighted by molar-refractivity contribution is 5.90. The second kappa shape index (κ2) is 4.91. The van der Waals surface area contributed by atoms with E-state index < -0.39 is 5.97 Å². The number of ether oxygens (including phenoxy) is 1. The normalized spacial score (nSPS) is 10.3. The van der Waals surface area contributed by atoms with Gasteiger partial charge in [-0.1, -0.05) is 25.1 Å². The van der Waals surface area contributed by atoms with Crippen LogP contribution in [0.25, 0.3) is 5.69 Å². The average molecular weight is 245 g/mol. The number of esters is 1. The van der Waals surface area contributed by atoms with Crippen LogP contribution in [0.4, 0.5) is 5.82 Å². The van der Waals surface area contributed by atoms with Crippen molar-refractivity contribution in [3.05, 3.63) is 41.6 Å². The third kappa shape index (κ3) is 1.95. The Kier molecular flexibility index (Phi) is 3.32. The smallest absolute Gasteiger partial charge is 0.358 e. The number of nitrogens with two attached hydrogens (primary N) is 1. The van der Waals surface area contributed by atoms with Crippen molar-refractivity contribution in [2.24, 2.45) is 0 Å². The second-order valence-corrected chi connectivity index (χ2v) is 3.80. The zero-order valence-electron chi connectivity index (χ0n) is 10.4. The molecule has 0 aliphatic carbocycles. The van der Waals surface area contributed by atoms with Crippen molar-refractivity contribution in [2.75, 3.05) is 12.8 Å². The van der Waals surface area contributed by atoms with Crippen LogP contribution in [0.2, 0.25) is 0 Å². The molecule has 1 heterocycles. The molecule has 1 aromatic heterocycles. The van der Waals surface area contributed by atoms with Crippen LogP contribution in [0.5, 0.6) is 0 Å². The van der Waals surface area contributed by atoms with Gasteiger partial charge in [0.05, 0.1) is 12.8 Å². The molecule has 0 radical (unpaired) electrons. The maximum Gasteiger partial charge on any atom is 0.358 e. The van der Waals surface area contributed by atoms with Crippen molar-refractivity contribution < 1.29 is 9.53 Å². The minimum absolute atomic E-state index is 0.279. The summed E-state index contributed by atoms with van der Waals surface area (Å²) in [7, 11) is 1.33. The first-order valence-corrected chi connectivity index (χ1v) is 5.70. The van der Waals surface area contributed by atoms with Crippen molar-refractivity contribution >= 4 is 11.8 Å². The molecule has 0 bridgehead atoms. The number of methoxy groups -OCH3 is 1. The quantitative estimate of drug-likeness (QED) is 0.837. The molecule has 0 unspecified atom stereocenters. The van der Waals surface area contributed by atoms with Crippen molar-refractivity contribution in [2.45, 2.75) is 13.3 Å². The predicted octanol–water partition coefficient (Wildman–Crippen LogP) is 1.80. The van der Waals surface area contributed by atoms with Crippen LogP contribution in [0, 0.1) is 0 Å². The van der Waals surface area contributed by atoms with Gasteiger partial charge in [-0.15, -0.1) is 0 Å². The van der Waals surface area contributed by atoms with Gasteiger partial charge in [0.25, 0.3) is 0 Å². The molecule has 1 aromatic carbocycles. The molecular formula is C13H15N3O2. The summed E-state index contributed by atoms with van der Waals surface area (Å²) in [6, 6.07) is 9.44. The van der Waals surface area contributed by atoms with Gasteiger partial charge in [0.1, 0.15) is 5.82 Å². The summed E-state index contributed by atoms with van der Waals surface area (Å²) in [4.78, 5) is 11.6. The van der Waals surface area contributed by atoms with E-state index in [1.807, 2.05) is 37.3 Å². The van der Waals surface area contributed by atoms with Crippen LogP contribution in [0.3, 0.4) is 0 Å². The fourth-order valence-corrected chi connectivity index (χ4v) is 1.84. The molecule has 0 aliphatic heterocycles. The Hall–Kier alpha value is -2.30. The van der Waals surface area contributed by atoms with Gasteiger partial charge in [-0.2, -0.15) is 5.10 Å². The summed E-state index contributed by atoms with van der Waals surface area (Å²) in [5.74, 6) is 0.0114. The number of hydrogen-bond donors (Lipinski definition) is 1. The molecule has 2 N–H and O–H groups in total. The molecule has 0 fully saturated rings. The number of hydrogen-bond acceptors (Lipinski definition) is 4. The van der Waals surface area contributed by atoms with E-state index in [-0.39, 0.29) is 5.69 Å². The van der Waals surface area contributed by atoms with Gasteiger partial charge in [-0.05, 0) is 18.6 Å². The van der Waals surface area contributed by atoms with Crippen LogP contribution in [0.1, 0.15) is 23.0 Å². The average Bonchev–Trinajstić information content (AvgIpc) is 2.75. The van der Waals surface area contributed by atoms with Crippen molar-refractivity contribution in [3.8, 4) is 5.69 Å². The molecule has 2 rings (SSSR count). The number of para-hydroxylation sites is 1. The van der Waals surface area contributed by atoms with Crippen molar-refractivity contribution in [1.82, 2.24) is 9.78 Å². The molecule has 0 spiro atoms. The third-order valence-electron chi connectivity index (χ3n) is 2.76. The molecule has 0 saturated heterocycles. The van der Waals surface area contributed by atoms with E-state index in [1.165, 1.54) is 7.11 Å². The van der Waals surface area contributed by atoms with Gasteiger partial charge < -0.3 is 10.5 Å². The maximum atomic E-state index is 11.6. The van der Waals surface area contributed by atoms with Gasteiger partial charge in [0, 0.05) is 5.56 Å². The van der Waals surface area contributed by atoms with E-state index in [0.717, 1.165) is 5.69 Å². The summed E-state index contributed by atoms with van der Waals surface area (Å²) in [6.45, 7) is 1.93. The van der Waals surface area contributed by atoms with Crippen LogP contribution < -0.4 is 5.73 Å². The minimum atomic E-state index is -0.465. The van der Waals surface area contributed by atoms with Crippen molar-refractivity contribution in [3.63, 3.8) is 0 Å². The molecule has 0 atom stereocenters. The lowest BCUT2D eigenvalue weighted by atomic mass is 10.2. The third-order valence-corrected chi connectivity index (χ3v) is 2.76. The molecular weight excluding hydrogens is 230 g/mol. The zero-order chi connectivity index (χ0) is 13.1. The molecule has 0 aliphatic rings. The summed E-state index contributed by atoms with van der Waals surface area (Å²) in [6.07, 6.45) is 0.628. The fourth-order valence-electron chi connectivity index (χ4n) is 1.84. The summed E-state index contributed by atoms with van der Waals surface area (Å²) >= 11 is 0. The SMILES string of the molecule is CCc1c(C(=O)OC)nn(-c2ccccc2)c1N.